The van der Waals surface area contributed by atoms with Gasteiger partial charge in [0.15, 0.2) is 0 Å². The zero-order valence-electron chi connectivity index (χ0n) is 10.7. The molecule has 17 heavy (non-hydrogen) atoms. The fourth-order valence-corrected chi connectivity index (χ4v) is 1.97. The van der Waals surface area contributed by atoms with Gasteiger partial charge in [-0.15, -0.1) is 0 Å². The maximum absolute atomic E-state index is 2.26. The summed E-state index contributed by atoms with van der Waals surface area (Å²) < 4.78 is 0. The molecule has 0 aliphatic carbocycles. The highest BCUT2D eigenvalue weighted by molar-refractivity contribution is 5.72. The van der Waals surface area contributed by atoms with Crippen LogP contribution in [0.5, 0.6) is 0 Å². The van der Waals surface area contributed by atoms with Gasteiger partial charge < -0.3 is 0 Å². The van der Waals surface area contributed by atoms with Crippen LogP contribution in [0.25, 0.3) is 16.7 Å². The average Bonchev–Trinajstić information content (AvgIpc) is 2.38. The summed E-state index contributed by atoms with van der Waals surface area (Å²) in [7, 11) is 0. The van der Waals surface area contributed by atoms with Crippen molar-refractivity contribution in [1.82, 2.24) is 0 Å². The smallest absolute Gasteiger partial charge is 0.0175 e. The van der Waals surface area contributed by atoms with E-state index in [2.05, 4.69) is 75.4 Å². The van der Waals surface area contributed by atoms with Crippen molar-refractivity contribution in [3.8, 4) is 11.1 Å². The Labute approximate surface area is 104 Å². The summed E-state index contributed by atoms with van der Waals surface area (Å²) in [5.74, 6) is 0. The molecule has 0 aliphatic rings. The second kappa shape index (κ2) is 5.01. The molecule has 0 amide bonds. The third-order valence-corrected chi connectivity index (χ3v) is 3.07. The summed E-state index contributed by atoms with van der Waals surface area (Å²) in [5.41, 5.74) is 6.52. The third-order valence-electron chi connectivity index (χ3n) is 3.07. The first-order chi connectivity index (χ1) is 8.20. The lowest BCUT2D eigenvalue weighted by molar-refractivity contribution is 1.43. The molecule has 0 aromatic heterocycles. The number of hydrogen-bond acceptors (Lipinski definition) is 0. The maximum atomic E-state index is 2.26. The van der Waals surface area contributed by atoms with E-state index in [1.807, 2.05) is 0 Å². The second-order valence-corrected chi connectivity index (χ2v) is 4.43. The Morgan fingerprint density at radius 3 is 2.29 bits per heavy atom. The van der Waals surface area contributed by atoms with Gasteiger partial charge in [-0.05, 0) is 54.7 Å². The Balaban J connectivity index is 2.53. The predicted octanol–water partition coefficient (Wildman–Crippen LogP) is 5.09. The Kier molecular flexibility index (Phi) is 3.43. The summed E-state index contributed by atoms with van der Waals surface area (Å²) in [6.07, 6.45) is 2.16. The minimum Gasteiger partial charge on any atom is -0.0841 e. The molecule has 0 saturated heterocycles. The van der Waals surface area contributed by atoms with E-state index in [9.17, 15) is 0 Å². The molecule has 0 spiro atoms. The Bertz CT molecular complexity index is 533. The van der Waals surface area contributed by atoms with Gasteiger partial charge in [-0.3, -0.25) is 0 Å². The van der Waals surface area contributed by atoms with Gasteiger partial charge in [0, 0.05) is 0 Å². The van der Waals surface area contributed by atoms with Crippen LogP contribution in [-0.2, 0) is 0 Å². The van der Waals surface area contributed by atoms with Gasteiger partial charge in [-0.2, -0.15) is 0 Å². The lowest BCUT2D eigenvalue weighted by Gasteiger charge is -2.08. The molecule has 0 fully saturated rings. The quantitative estimate of drug-likeness (QED) is 0.664. The van der Waals surface area contributed by atoms with Crippen molar-refractivity contribution in [3.63, 3.8) is 0 Å². The van der Waals surface area contributed by atoms with Crippen LogP contribution in [0.3, 0.4) is 0 Å². The van der Waals surface area contributed by atoms with Gasteiger partial charge in [-0.1, -0.05) is 48.5 Å². The molecule has 2 aromatic rings. The van der Waals surface area contributed by atoms with Gasteiger partial charge in [0.1, 0.15) is 0 Å². The van der Waals surface area contributed by atoms with E-state index in [1.165, 1.54) is 27.8 Å². The zero-order chi connectivity index (χ0) is 12.3. The highest BCUT2D eigenvalue weighted by Gasteiger charge is 2.02. The number of benzene rings is 2. The second-order valence-electron chi connectivity index (χ2n) is 4.43. The molecule has 2 aromatic carbocycles. The van der Waals surface area contributed by atoms with Gasteiger partial charge in [0.05, 0.1) is 0 Å². The minimum atomic E-state index is 1.28. The van der Waals surface area contributed by atoms with E-state index in [-0.39, 0.29) is 0 Å². The predicted molar refractivity (Wildman–Crippen MR) is 75.9 cm³/mol. The van der Waals surface area contributed by atoms with Gasteiger partial charge in [-0.25, -0.2) is 0 Å². The zero-order valence-corrected chi connectivity index (χ0v) is 10.7. The van der Waals surface area contributed by atoms with Crippen molar-refractivity contribution >= 4 is 5.57 Å². The monoisotopic (exact) mass is 222 g/mol. The molecule has 0 heterocycles. The summed E-state index contributed by atoms with van der Waals surface area (Å²) in [4.78, 5) is 0. The molecule has 0 saturated carbocycles. The highest BCUT2D eigenvalue weighted by atomic mass is 14.1. The van der Waals surface area contributed by atoms with E-state index in [0.29, 0.717) is 0 Å². The fraction of sp³-hybridized carbons (Fsp3) is 0.176. The molecule has 2 rings (SSSR count). The maximum Gasteiger partial charge on any atom is -0.0175 e. The lowest BCUT2D eigenvalue weighted by Crippen LogP contribution is -1.85. The number of rotatable bonds is 2. The minimum absolute atomic E-state index is 1.28. The Morgan fingerprint density at radius 1 is 0.941 bits per heavy atom. The Hall–Kier alpha value is -1.82. The van der Waals surface area contributed by atoms with Crippen LogP contribution in [0.15, 0.2) is 54.6 Å². The number of allylic oxidation sites excluding steroid dienone is 2. The molecule has 86 valence electrons. The molecule has 0 aliphatic heterocycles. The molecular formula is C17H18. The average molecular weight is 222 g/mol. The molecular weight excluding hydrogens is 204 g/mol. The normalized spacial score (nSPS) is 11.6. The number of hydrogen-bond donors (Lipinski definition) is 0. The van der Waals surface area contributed by atoms with E-state index in [1.54, 1.807) is 0 Å². The summed E-state index contributed by atoms with van der Waals surface area (Å²) in [5, 5.41) is 0. The van der Waals surface area contributed by atoms with E-state index >= 15 is 0 Å². The standard InChI is InChI=1S/C17H18/c1-4-14(3)16-10-13(2)11-17(12-16)15-8-6-5-7-9-15/h4-12H,1-3H3. The van der Waals surface area contributed by atoms with E-state index < -0.39 is 0 Å². The number of aryl methyl sites for hydroxylation is 1. The van der Waals surface area contributed by atoms with Gasteiger partial charge in [0.2, 0.25) is 0 Å². The summed E-state index contributed by atoms with van der Waals surface area (Å²) in [6, 6.07) is 17.3. The summed E-state index contributed by atoms with van der Waals surface area (Å²) in [6.45, 7) is 6.39. The van der Waals surface area contributed by atoms with E-state index in [0.717, 1.165) is 0 Å². The molecule has 0 heteroatoms. The van der Waals surface area contributed by atoms with Crippen LogP contribution >= 0.6 is 0 Å². The largest absolute Gasteiger partial charge is 0.0841 e. The van der Waals surface area contributed by atoms with Crippen molar-refractivity contribution in [3.05, 3.63) is 65.7 Å². The van der Waals surface area contributed by atoms with E-state index in [4.69, 9.17) is 0 Å². The van der Waals surface area contributed by atoms with Crippen LogP contribution in [0.1, 0.15) is 25.0 Å². The first kappa shape index (κ1) is 11.7. The molecule has 0 N–H and O–H groups in total. The van der Waals surface area contributed by atoms with Crippen LogP contribution < -0.4 is 0 Å². The SMILES string of the molecule is CC=C(C)c1cc(C)cc(-c2ccccc2)c1. The van der Waals surface area contributed by atoms with Crippen molar-refractivity contribution in [2.75, 3.05) is 0 Å². The molecule has 0 nitrogen and oxygen atoms in total. The third kappa shape index (κ3) is 2.65. The van der Waals surface area contributed by atoms with Gasteiger partial charge in [0.25, 0.3) is 0 Å². The fourth-order valence-electron chi connectivity index (χ4n) is 1.97. The molecule has 0 radical (unpaired) electrons. The Morgan fingerprint density at radius 2 is 1.65 bits per heavy atom. The lowest BCUT2D eigenvalue weighted by atomic mass is 9.97. The van der Waals surface area contributed by atoms with Crippen molar-refractivity contribution in [2.45, 2.75) is 20.8 Å². The van der Waals surface area contributed by atoms with Crippen LogP contribution in [0.2, 0.25) is 0 Å². The van der Waals surface area contributed by atoms with Crippen LogP contribution in [0.4, 0.5) is 0 Å². The van der Waals surface area contributed by atoms with Crippen LogP contribution in [0, 0.1) is 6.92 Å². The van der Waals surface area contributed by atoms with Gasteiger partial charge >= 0.3 is 0 Å². The topological polar surface area (TPSA) is 0 Å². The van der Waals surface area contributed by atoms with Crippen molar-refractivity contribution in [1.29, 1.82) is 0 Å². The van der Waals surface area contributed by atoms with Crippen LogP contribution in [-0.4, -0.2) is 0 Å². The highest BCUT2D eigenvalue weighted by Crippen LogP contribution is 2.25. The first-order valence-corrected chi connectivity index (χ1v) is 6.01. The van der Waals surface area contributed by atoms with Crippen molar-refractivity contribution < 1.29 is 0 Å². The van der Waals surface area contributed by atoms with Crippen molar-refractivity contribution in [2.24, 2.45) is 0 Å². The molecule has 0 bridgehead atoms. The first-order valence-electron chi connectivity index (χ1n) is 6.01. The molecule has 0 atom stereocenters. The molecule has 0 unspecified atom stereocenters. The summed E-state index contributed by atoms with van der Waals surface area (Å²) >= 11 is 0.